The lowest BCUT2D eigenvalue weighted by atomic mass is 10.1. The van der Waals surface area contributed by atoms with Crippen LogP contribution in [0.15, 0.2) is 52.9 Å². The van der Waals surface area contributed by atoms with Crippen molar-refractivity contribution in [3.05, 3.63) is 54.1 Å². The topological polar surface area (TPSA) is 88.7 Å². The van der Waals surface area contributed by atoms with Crippen molar-refractivity contribution in [2.75, 3.05) is 5.73 Å². The molecule has 1 aromatic heterocycles. The fourth-order valence-corrected chi connectivity index (χ4v) is 1.77. The van der Waals surface area contributed by atoms with Crippen molar-refractivity contribution in [1.29, 1.82) is 5.26 Å². The van der Waals surface area contributed by atoms with E-state index in [1.807, 2.05) is 12.1 Å². The molecule has 0 saturated carbocycles. The van der Waals surface area contributed by atoms with E-state index in [2.05, 4.69) is 16.3 Å². The maximum Gasteiger partial charge on any atom is 0.248 e. The van der Waals surface area contributed by atoms with Crippen LogP contribution in [-0.4, -0.2) is 10.2 Å². The highest BCUT2D eigenvalue weighted by molar-refractivity contribution is 5.60. The lowest BCUT2D eigenvalue weighted by Gasteiger charge is -1.96. The molecule has 0 saturated heterocycles. The zero-order chi connectivity index (χ0) is 13.9. The lowest BCUT2D eigenvalue weighted by Crippen LogP contribution is -1.83. The predicted molar refractivity (Wildman–Crippen MR) is 74.3 cm³/mol. The maximum absolute atomic E-state index is 8.76. The van der Waals surface area contributed by atoms with Crippen LogP contribution in [0, 0.1) is 11.3 Å². The molecule has 0 bridgehead atoms. The van der Waals surface area contributed by atoms with Gasteiger partial charge in [0.25, 0.3) is 0 Å². The third kappa shape index (κ3) is 2.22. The maximum atomic E-state index is 8.76. The summed E-state index contributed by atoms with van der Waals surface area (Å²) in [6.07, 6.45) is 0. The predicted octanol–water partition coefficient (Wildman–Crippen LogP) is 2.86. The molecule has 1 heterocycles. The second-order valence-electron chi connectivity index (χ2n) is 4.22. The van der Waals surface area contributed by atoms with Gasteiger partial charge in [-0.25, -0.2) is 0 Å². The van der Waals surface area contributed by atoms with Crippen LogP contribution in [0.25, 0.3) is 22.9 Å². The Morgan fingerprint density at radius 1 is 0.850 bits per heavy atom. The molecule has 5 nitrogen and oxygen atoms in total. The Hall–Kier alpha value is -3.13. The van der Waals surface area contributed by atoms with Gasteiger partial charge in [0, 0.05) is 16.8 Å². The van der Waals surface area contributed by atoms with Crippen molar-refractivity contribution in [3.8, 4) is 29.0 Å². The summed E-state index contributed by atoms with van der Waals surface area (Å²) in [5.74, 6) is 0.852. The van der Waals surface area contributed by atoms with Gasteiger partial charge in [0.05, 0.1) is 11.6 Å². The van der Waals surface area contributed by atoms with E-state index < -0.39 is 0 Å². The molecule has 5 heteroatoms. The fourth-order valence-electron chi connectivity index (χ4n) is 1.77. The van der Waals surface area contributed by atoms with E-state index in [4.69, 9.17) is 15.4 Å². The molecule has 3 aromatic rings. The SMILES string of the molecule is N#Cc1ccc(-c2nnc(-c3ccc(N)cc3)o2)cc1. The van der Waals surface area contributed by atoms with Gasteiger partial charge >= 0.3 is 0 Å². The Bertz CT molecular complexity index is 767. The van der Waals surface area contributed by atoms with Crippen LogP contribution >= 0.6 is 0 Å². The Kier molecular flexibility index (Phi) is 2.90. The molecule has 20 heavy (non-hydrogen) atoms. The number of anilines is 1. The van der Waals surface area contributed by atoms with Crippen molar-refractivity contribution in [1.82, 2.24) is 10.2 Å². The van der Waals surface area contributed by atoms with E-state index in [0.29, 0.717) is 23.0 Å². The Labute approximate surface area is 115 Å². The summed E-state index contributed by atoms with van der Waals surface area (Å²) in [5, 5.41) is 16.8. The molecule has 0 spiro atoms. The van der Waals surface area contributed by atoms with Crippen LogP contribution in [-0.2, 0) is 0 Å². The van der Waals surface area contributed by atoms with Crippen LogP contribution in [0.1, 0.15) is 5.56 Å². The number of nitrogen functional groups attached to an aromatic ring is 1. The highest BCUT2D eigenvalue weighted by Crippen LogP contribution is 2.24. The van der Waals surface area contributed by atoms with Gasteiger partial charge in [0.2, 0.25) is 11.8 Å². The van der Waals surface area contributed by atoms with E-state index in [9.17, 15) is 0 Å². The average Bonchev–Trinajstić information content (AvgIpc) is 2.98. The van der Waals surface area contributed by atoms with Crippen molar-refractivity contribution in [2.45, 2.75) is 0 Å². The van der Waals surface area contributed by atoms with Crippen molar-refractivity contribution < 1.29 is 4.42 Å². The summed E-state index contributed by atoms with van der Waals surface area (Å²) in [7, 11) is 0. The van der Waals surface area contributed by atoms with Crippen molar-refractivity contribution in [3.63, 3.8) is 0 Å². The Morgan fingerprint density at radius 3 is 1.85 bits per heavy atom. The molecule has 0 aliphatic rings. The van der Waals surface area contributed by atoms with Crippen LogP contribution in [0.2, 0.25) is 0 Å². The molecule has 0 aliphatic carbocycles. The molecule has 0 radical (unpaired) electrons. The number of nitriles is 1. The minimum absolute atomic E-state index is 0.418. The summed E-state index contributed by atoms with van der Waals surface area (Å²) < 4.78 is 5.62. The van der Waals surface area contributed by atoms with Gasteiger partial charge in [-0.3, -0.25) is 0 Å². The molecule has 0 fully saturated rings. The first-order valence-electron chi connectivity index (χ1n) is 5.96. The van der Waals surface area contributed by atoms with Crippen LogP contribution < -0.4 is 5.73 Å². The molecular formula is C15H10N4O. The summed E-state index contributed by atoms with van der Waals surface area (Å²) in [5.41, 5.74) is 8.49. The first-order chi connectivity index (χ1) is 9.76. The summed E-state index contributed by atoms with van der Waals surface area (Å²) in [4.78, 5) is 0. The van der Waals surface area contributed by atoms with Gasteiger partial charge in [0.15, 0.2) is 0 Å². The highest BCUT2D eigenvalue weighted by atomic mass is 16.4. The standard InChI is InChI=1S/C15H10N4O/c16-9-10-1-3-11(4-2-10)14-18-19-15(20-14)12-5-7-13(17)8-6-12/h1-8H,17H2. The molecule has 96 valence electrons. The highest BCUT2D eigenvalue weighted by Gasteiger charge is 2.10. The van der Waals surface area contributed by atoms with Gasteiger partial charge in [-0.1, -0.05) is 0 Å². The zero-order valence-electron chi connectivity index (χ0n) is 10.4. The second kappa shape index (κ2) is 4.86. The largest absolute Gasteiger partial charge is 0.416 e. The first kappa shape index (κ1) is 11.9. The number of rotatable bonds is 2. The number of hydrogen-bond acceptors (Lipinski definition) is 5. The van der Waals surface area contributed by atoms with E-state index in [1.165, 1.54) is 0 Å². The van der Waals surface area contributed by atoms with E-state index in [1.54, 1.807) is 36.4 Å². The van der Waals surface area contributed by atoms with Gasteiger partial charge in [-0.05, 0) is 48.5 Å². The number of aromatic nitrogens is 2. The summed E-state index contributed by atoms with van der Waals surface area (Å²) in [6.45, 7) is 0. The minimum Gasteiger partial charge on any atom is -0.416 e. The Morgan fingerprint density at radius 2 is 1.35 bits per heavy atom. The lowest BCUT2D eigenvalue weighted by molar-refractivity contribution is 0.584. The van der Waals surface area contributed by atoms with Crippen molar-refractivity contribution >= 4 is 5.69 Å². The summed E-state index contributed by atoms with van der Waals surface area (Å²) in [6, 6.07) is 16.2. The van der Waals surface area contributed by atoms with Crippen LogP contribution in [0.4, 0.5) is 5.69 Å². The second-order valence-corrected chi connectivity index (χ2v) is 4.22. The van der Waals surface area contributed by atoms with Crippen LogP contribution in [0.3, 0.4) is 0 Å². The third-order valence-electron chi connectivity index (χ3n) is 2.84. The number of hydrogen-bond donors (Lipinski definition) is 1. The van der Waals surface area contributed by atoms with E-state index in [0.717, 1.165) is 11.1 Å². The molecular weight excluding hydrogens is 252 g/mol. The quantitative estimate of drug-likeness (QED) is 0.717. The molecule has 2 aromatic carbocycles. The molecule has 2 N–H and O–H groups in total. The van der Waals surface area contributed by atoms with Gasteiger partial charge < -0.3 is 10.2 Å². The minimum atomic E-state index is 0.418. The van der Waals surface area contributed by atoms with Crippen LogP contribution in [0.5, 0.6) is 0 Å². The fraction of sp³-hybridized carbons (Fsp3) is 0. The summed E-state index contributed by atoms with van der Waals surface area (Å²) >= 11 is 0. The van der Waals surface area contributed by atoms with Gasteiger partial charge in [-0.2, -0.15) is 5.26 Å². The third-order valence-corrected chi connectivity index (χ3v) is 2.84. The van der Waals surface area contributed by atoms with Gasteiger partial charge in [0.1, 0.15) is 0 Å². The van der Waals surface area contributed by atoms with E-state index in [-0.39, 0.29) is 0 Å². The van der Waals surface area contributed by atoms with Crippen molar-refractivity contribution in [2.24, 2.45) is 0 Å². The molecule has 0 atom stereocenters. The number of nitrogens with two attached hydrogens (primary N) is 1. The monoisotopic (exact) mass is 262 g/mol. The van der Waals surface area contributed by atoms with Gasteiger partial charge in [-0.15, -0.1) is 10.2 Å². The first-order valence-corrected chi connectivity index (χ1v) is 5.96. The molecule has 0 amide bonds. The number of benzene rings is 2. The average molecular weight is 262 g/mol. The molecule has 0 unspecified atom stereocenters. The Balaban J connectivity index is 1.93. The molecule has 3 rings (SSSR count). The zero-order valence-corrected chi connectivity index (χ0v) is 10.4. The normalized spacial score (nSPS) is 10.2. The smallest absolute Gasteiger partial charge is 0.248 e. The molecule has 0 aliphatic heterocycles. The number of nitrogens with zero attached hydrogens (tertiary/aromatic N) is 3. The van der Waals surface area contributed by atoms with E-state index >= 15 is 0 Å².